The van der Waals surface area contributed by atoms with E-state index in [-0.39, 0.29) is 16.6 Å². The minimum atomic E-state index is -3.98. The predicted molar refractivity (Wildman–Crippen MR) is 91.5 cm³/mol. The van der Waals surface area contributed by atoms with E-state index >= 15 is 0 Å². The minimum absolute atomic E-state index is 0.0448. The largest absolute Gasteiger partial charge is 0.493 e. The molecule has 2 fully saturated rings. The van der Waals surface area contributed by atoms with Gasteiger partial charge < -0.3 is 9.47 Å². The number of carbonyl (C=O) groups is 1. The van der Waals surface area contributed by atoms with Crippen LogP contribution in [0, 0.1) is 17.8 Å². The Kier molecular flexibility index (Phi) is 4.79. The molecule has 2 saturated carbocycles. The summed E-state index contributed by atoms with van der Waals surface area (Å²) in [6, 6.07) is 2.86. The number of hydrogen-bond acceptors (Lipinski definition) is 5. The summed E-state index contributed by atoms with van der Waals surface area (Å²) in [5.74, 6) is 0.984. The number of sulfonamides is 1. The molecule has 2 aliphatic carbocycles. The Morgan fingerprint density at radius 2 is 1.83 bits per heavy atom. The zero-order valence-electron chi connectivity index (χ0n) is 13.5. The fraction of sp³-hybridized carbons (Fsp3) is 0.562. The molecule has 0 radical (unpaired) electrons. The summed E-state index contributed by atoms with van der Waals surface area (Å²) in [5.41, 5.74) is 0. The van der Waals surface area contributed by atoms with Crippen LogP contribution in [0.25, 0.3) is 0 Å². The zero-order chi connectivity index (χ0) is 17.5. The third kappa shape index (κ3) is 3.13. The summed E-state index contributed by atoms with van der Waals surface area (Å²) < 4.78 is 38.1. The van der Waals surface area contributed by atoms with E-state index in [0.717, 1.165) is 25.7 Å². The van der Waals surface area contributed by atoms with Crippen LogP contribution in [0.5, 0.6) is 11.5 Å². The number of rotatable bonds is 5. The van der Waals surface area contributed by atoms with Crippen LogP contribution >= 0.6 is 15.9 Å². The van der Waals surface area contributed by atoms with Gasteiger partial charge in [-0.05, 0) is 53.1 Å². The summed E-state index contributed by atoms with van der Waals surface area (Å²) in [6.07, 6.45) is 4.00. The highest BCUT2D eigenvalue weighted by Crippen LogP contribution is 2.48. The normalized spacial score (nSPS) is 25.5. The number of ether oxygens (including phenoxy) is 2. The summed E-state index contributed by atoms with van der Waals surface area (Å²) in [4.78, 5) is 12.4. The van der Waals surface area contributed by atoms with Gasteiger partial charge in [0.2, 0.25) is 5.91 Å². The van der Waals surface area contributed by atoms with E-state index in [2.05, 4.69) is 20.7 Å². The van der Waals surface area contributed by atoms with Crippen LogP contribution in [-0.2, 0) is 14.8 Å². The molecule has 2 aliphatic rings. The van der Waals surface area contributed by atoms with Crippen molar-refractivity contribution < 1.29 is 22.7 Å². The van der Waals surface area contributed by atoms with E-state index in [4.69, 9.17) is 9.47 Å². The number of methoxy groups -OCH3 is 2. The van der Waals surface area contributed by atoms with Crippen LogP contribution in [-0.4, -0.2) is 28.5 Å². The first-order valence-corrected chi connectivity index (χ1v) is 10.1. The Morgan fingerprint density at radius 1 is 1.17 bits per heavy atom. The van der Waals surface area contributed by atoms with Crippen molar-refractivity contribution in [2.24, 2.45) is 17.8 Å². The quantitative estimate of drug-likeness (QED) is 0.795. The number of amides is 1. The Balaban J connectivity index is 1.84. The first-order valence-electron chi connectivity index (χ1n) is 7.84. The molecule has 3 atom stereocenters. The van der Waals surface area contributed by atoms with Crippen LogP contribution in [0.2, 0.25) is 0 Å². The number of benzene rings is 1. The topological polar surface area (TPSA) is 81.7 Å². The van der Waals surface area contributed by atoms with Crippen molar-refractivity contribution >= 4 is 31.9 Å². The van der Waals surface area contributed by atoms with Gasteiger partial charge in [-0.15, -0.1) is 0 Å². The first-order chi connectivity index (χ1) is 11.4. The lowest BCUT2D eigenvalue weighted by molar-refractivity contribution is -0.124. The summed E-state index contributed by atoms with van der Waals surface area (Å²) in [7, 11) is -1.09. The SMILES string of the molecule is COc1cc(Br)c(S(=O)(=O)NC(=O)C2CC3CCC2C3)cc1OC. The molecule has 1 aromatic carbocycles. The van der Waals surface area contributed by atoms with Gasteiger partial charge >= 0.3 is 0 Å². The minimum Gasteiger partial charge on any atom is -0.493 e. The maximum atomic E-state index is 12.6. The number of fused-ring (bicyclic) bond motifs is 2. The Bertz CT molecular complexity index is 764. The number of nitrogens with one attached hydrogen (secondary N) is 1. The highest BCUT2D eigenvalue weighted by Gasteiger charge is 2.44. The van der Waals surface area contributed by atoms with Crippen molar-refractivity contribution in [3.63, 3.8) is 0 Å². The standard InChI is InChI=1S/C16H20BrNO5S/c1-22-13-7-12(17)15(8-14(13)23-2)24(20,21)18-16(19)11-6-9-3-4-10(11)5-9/h7-11H,3-6H2,1-2H3,(H,18,19). The number of halogens is 1. The Labute approximate surface area is 150 Å². The Morgan fingerprint density at radius 3 is 2.38 bits per heavy atom. The summed E-state index contributed by atoms with van der Waals surface area (Å²) in [5, 5.41) is 0. The monoisotopic (exact) mass is 417 g/mol. The molecule has 0 spiro atoms. The zero-order valence-corrected chi connectivity index (χ0v) is 15.9. The van der Waals surface area contributed by atoms with Gasteiger partial charge in [-0.2, -0.15) is 0 Å². The van der Waals surface area contributed by atoms with E-state index in [1.807, 2.05) is 0 Å². The molecular formula is C16H20BrNO5S. The summed E-state index contributed by atoms with van der Waals surface area (Å²) >= 11 is 3.23. The van der Waals surface area contributed by atoms with E-state index in [1.54, 1.807) is 0 Å². The maximum absolute atomic E-state index is 12.6. The smallest absolute Gasteiger partial charge is 0.265 e. The molecule has 6 nitrogen and oxygen atoms in total. The molecule has 0 aliphatic heterocycles. The molecule has 0 heterocycles. The van der Waals surface area contributed by atoms with Gasteiger partial charge in [-0.3, -0.25) is 4.79 Å². The van der Waals surface area contributed by atoms with E-state index < -0.39 is 15.9 Å². The highest BCUT2D eigenvalue weighted by molar-refractivity contribution is 9.10. The molecule has 24 heavy (non-hydrogen) atoms. The second-order valence-corrected chi connectivity index (χ2v) is 8.89. The van der Waals surface area contributed by atoms with Gasteiger partial charge in [0.25, 0.3) is 10.0 Å². The average Bonchev–Trinajstić information content (AvgIpc) is 3.16. The van der Waals surface area contributed by atoms with Crippen molar-refractivity contribution in [3.8, 4) is 11.5 Å². The van der Waals surface area contributed by atoms with Crippen LogP contribution in [0.3, 0.4) is 0 Å². The van der Waals surface area contributed by atoms with Crippen molar-refractivity contribution in [2.45, 2.75) is 30.6 Å². The van der Waals surface area contributed by atoms with E-state index in [1.165, 1.54) is 26.4 Å². The third-order valence-electron chi connectivity index (χ3n) is 5.04. The highest BCUT2D eigenvalue weighted by atomic mass is 79.9. The molecule has 1 amide bonds. The van der Waals surface area contributed by atoms with Gasteiger partial charge in [0, 0.05) is 16.5 Å². The lowest BCUT2D eigenvalue weighted by Crippen LogP contribution is -2.37. The lowest BCUT2D eigenvalue weighted by atomic mass is 9.88. The van der Waals surface area contributed by atoms with Crippen LogP contribution in [0.1, 0.15) is 25.7 Å². The molecule has 1 aromatic rings. The number of hydrogen-bond donors (Lipinski definition) is 1. The molecule has 8 heteroatoms. The first kappa shape index (κ1) is 17.5. The molecule has 132 valence electrons. The lowest BCUT2D eigenvalue weighted by Gasteiger charge is -2.21. The number of carbonyl (C=O) groups excluding carboxylic acids is 1. The molecule has 1 N–H and O–H groups in total. The second kappa shape index (κ2) is 6.55. The van der Waals surface area contributed by atoms with Gasteiger partial charge in [0.15, 0.2) is 11.5 Å². The van der Waals surface area contributed by atoms with Crippen LogP contribution < -0.4 is 14.2 Å². The molecule has 3 unspecified atom stereocenters. The van der Waals surface area contributed by atoms with Crippen molar-refractivity contribution in [3.05, 3.63) is 16.6 Å². The van der Waals surface area contributed by atoms with Gasteiger partial charge in [0.1, 0.15) is 4.90 Å². The van der Waals surface area contributed by atoms with Crippen molar-refractivity contribution in [1.82, 2.24) is 4.72 Å². The van der Waals surface area contributed by atoms with Crippen LogP contribution in [0.15, 0.2) is 21.5 Å². The second-order valence-electron chi connectivity index (χ2n) is 6.39. The van der Waals surface area contributed by atoms with Crippen molar-refractivity contribution in [2.75, 3.05) is 14.2 Å². The molecule has 0 saturated heterocycles. The van der Waals surface area contributed by atoms with E-state index in [9.17, 15) is 13.2 Å². The molecule has 2 bridgehead atoms. The van der Waals surface area contributed by atoms with Crippen LogP contribution in [0.4, 0.5) is 0 Å². The summed E-state index contributed by atoms with van der Waals surface area (Å²) in [6.45, 7) is 0. The van der Waals surface area contributed by atoms with Gasteiger partial charge in [-0.25, -0.2) is 13.1 Å². The van der Waals surface area contributed by atoms with Gasteiger partial charge in [0.05, 0.1) is 14.2 Å². The predicted octanol–water partition coefficient (Wildman–Crippen LogP) is 2.71. The van der Waals surface area contributed by atoms with Gasteiger partial charge in [-0.1, -0.05) is 6.42 Å². The third-order valence-corrected chi connectivity index (χ3v) is 7.34. The molecular weight excluding hydrogens is 398 g/mol. The fourth-order valence-electron chi connectivity index (χ4n) is 3.87. The molecule has 0 aromatic heterocycles. The molecule has 3 rings (SSSR count). The van der Waals surface area contributed by atoms with Crippen molar-refractivity contribution in [1.29, 1.82) is 0 Å². The Hall–Kier alpha value is -1.28. The average molecular weight is 418 g/mol. The maximum Gasteiger partial charge on any atom is 0.265 e. The van der Waals surface area contributed by atoms with E-state index in [0.29, 0.717) is 22.1 Å². The fourth-order valence-corrected chi connectivity index (χ4v) is 5.94.